The Kier molecular flexibility index (Phi) is 5.03. The van der Waals surface area contributed by atoms with E-state index in [0.717, 1.165) is 5.56 Å². The molecule has 0 bridgehead atoms. The Morgan fingerprint density at radius 1 is 1.03 bits per heavy atom. The van der Waals surface area contributed by atoms with Gasteiger partial charge in [0.05, 0.1) is 10.8 Å². The van der Waals surface area contributed by atoms with Gasteiger partial charge in [-0.2, -0.15) is 0 Å². The van der Waals surface area contributed by atoms with E-state index < -0.39 is 0 Å². The van der Waals surface area contributed by atoms with Crippen LogP contribution in [0.5, 0.6) is 23.3 Å². The van der Waals surface area contributed by atoms with Crippen LogP contribution < -0.4 is 9.47 Å². The van der Waals surface area contributed by atoms with Crippen molar-refractivity contribution in [3.63, 3.8) is 0 Å². The van der Waals surface area contributed by atoms with Crippen molar-refractivity contribution in [1.29, 1.82) is 0 Å². The fourth-order valence-corrected chi connectivity index (χ4v) is 4.16. The van der Waals surface area contributed by atoms with Gasteiger partial charge in [-0.15, -0.1) is 0 Å². The van der Waals surface area contributed by atoms with Gasteiger partial charge in [0.2, 0.25) is 17.3 Å². The van der Waals surface area contributed by atoms with E-state index in [1.54, 1.807) is 12.1 Å². The highest BCUT2D eigenvalue weighted by Crippen LogP contribution is 2.59. The second-order valence-corrected chi connectivity index (χ2v) is 7.52. The normalized spacial score (nSPS) is 17.8. The van der Waals surface area contributed by atoms with Crippen molar-refractivity contribution < 1.29 is 38.0 Å². The van der Waals surface area contributed by atoms with Crippen molar-refractivity contribution in [3.8, 4) is 23.3 Å². The molecular weight excluding hydrogens is 423 g/mol. The van der Waals surface area contributed by atoms with Crippen molar-refractivity contribution >= 4 is 21.9 Å². The van der Waals surface area contributed by atoms with Gasteiger partial charge in [-0.05, 0) is 24.1 Å². The number of rotatable bonds is 8. The topological polar surface area (TPSA) is 108 Å². The highest BCUT2D eigenvalue weighted by atomic mass is 19.1. The smallest absolute Gasteiger partial charge is 0.206 e. The predicted molar refractivity (Wildman–Crippen MR) is 111 cm³/mol. The summed E-state index contributed by atoms with van der Waals surface area (Å²) < 4.78 is 41.7. The number of fused-ring (bicyclic) bond motifs is 2. The molecule has 1 aliphatic rings. The molecule has 2 aromatic carbocycles. The molecule has 32 heavy (non-hydrogen) atoms. The van der Waals surface area contributed by atoms with Gasteiger partial charge < -0.3 is 33.6 Å². The third-order valence-corrected chi connectivity index (χ3v) is 5.63. The lowest BCUT2D eigenvalue weighted by atomic mass is 10.1. The zero-order valence-corrected chi connectivity index (χ0v) is 17.4. The molecule has 4 aromatic rings. The van der Waals surface area contributed by atoms with Gasteiger partial charge in [0.25, 0.3) is 0 Å². The summed E-state index contributed by atoms with van der Waals surface area (Å²) in [5, 5.41) is 22.8. The van der Waals surface area contributed by atoms with E-state index in [2.05, 4.69) is 4.98 Å². The fraction of sp³-hybridized carbons (Fsp3) is 0.318. The Balaban J connectivity index is 1.69. The maximum atomic E-state index is 13.3. The third-order valence-electron chi connectivity index (χ3n) is 5.63. The zero-order chi connectivity index (χ0) is 22.4. The summed E-state index contributed by atoms with van der Waals surface area (Å²) in [5.41, 5.74) is 1.45. The number of aromatic hydroxyl groups is 2. The van der Waals surface area contributed by atoms with Crippen molar-refractivity contribution in [2.45, 2.75) is 18.4 Å². The standard InChI is InChI=1S/C22H21FN2O7/c1-28-9-31-18-15-16(19(32-10-29-2)20-17(18)24-8-30-20)22(27)25(21(15)26)14-7-13(14)11-3-5-12(23)6-4-11/h3-6,8,13-14,26-27H,7,9-10H2,1-2H3. The number of oxazole rings is 1. The van der Waals surface area contributed by atoms with Crippen LogP contribution in [-0.2, 0) is 9.47 Å². The number of halogens is 1. The minimum absolute atomic E-state index is 0.00187. The van der Waals surface area contributed by atoms with Crippen LogP contribution in [0.4, 0.5) is 4.39 Å². The van der Waals surface area contributed by atoms with Crippen LogP contribution in [0.1, 0.15) is 23.9 Å². The lowest BCUT2D eigenvalue weighted by Crippen LogP contribution is -2.02. The fourth-order valence-electron chi connectivity index (χ4n) is 4.16. The number of hydrogen-bond donors (Lipinski definition) is 2. The van der Waals surface area contributed by atoms with Crippen LogP contribution in [0.15, 0.2) is 35.1 Å². The molecule has 2 atom stereocenters. The van der Waals surface area contributed by atoms with Gasteiger partial charge in [-0.1, -0.05) is 12.1 Å². The molecule has 0 saturated heterocycles. The van der Waals surface area contributed by atoms with Gasteiger partial charge in [0.1, 0.15) is 5.82 Å². The molecule has 1 saturated carbocycles. The van der Waals surface area contributed by atoms with Gasteiger partial charge in [0, 0.05) is 26.2 Å². The molecule has 168 valence electrons. The summed E-state index contributed by atoms with van der Waals surface area (Å²) in [4.78, 5) is 4.20. The van der Waals surface area contributed by atoms with Gasteiger partial charge >= 0.3 is 0 Å². The molecule has 10 heteroatoms. The van der Waals surface area contributed by atoms with E-state index in [4.69, 9.17) is 23.4 Å². The van der Waals surface area contributed by atoms with E-state index in [1.807, 2.05) is 0 Å². The van der Waals surface area contributed by atoms with Crippen LogP contribution in [0.25, 0.3) is 21.9 Å². The van der Waals surface area contributed by atoms with Gasteiger partial charge in [-0.3, -0.25) is 4.57 Å². The van der Waals surface area contributed by atoms with Crippen LogP contribution in [-0.4, -0.2) is 47.6 Å². The first-order chi connectivity index (χ1) is 15.6. The molecule has 5 rings (SSSR count). The number of ether oxygens (including phenoxy) is 4. The minimum Gasteiger partial charge on any atom is -0.494 e. The maximum Gasteiger partial charge on any atom is 0.206 e. The summed E-state index contributed by atoms with van der Waals surface area (Å²) >= 11 is 0. The quantitative estimate of drug-likeness (QED) is 0.392. The van der Waals surface area contributed by atoms with Crippen molar-refractivity contribution in [2.75, 3.05) is 27.8 Å². The number of nitrogens with zero attached hydrogens (tertiary/aromatic N) is 2. The Morgan fingerprint density at radius 2 is 1.66 bits per heavy atom. The van der Waals surface area contributed by atoms with Crippen LogP contribution in [0, 0.1) is 5.82 Å². The van der Waals surface area contributed by atoms with E-state index in [1.165, 1.54) is 37.3 Å². The Bertz CT molecular complexity index is 1220. The Morgan fingerprint density at radius 3 is 2.31 bits per heavy atom. The summed E-state index contributed by atoms with van der Waals surface area (Å²) in [6, 6.07) is 5.95. The molecule has 1 fully saturated rings. The Hall–Kier alpha value is -3.50. The lowest BCUT2D eigenvalue weighted by molar-refractivity contribution is 0.0510. The van der Waals surface area contributed by atoms with E-state index >= 15 is 0 Å². The van der Waals surface area contributed by atoms with Crippen molar-refractivity contribution in [2.24, 2.45) is 0 Å². The highest BCUT2D eigenvalue weighted by molar-refractivity contribution is 6.12. The first-order valence-corrected chi connectivity index (χ1v) is 9.90. The largest absolute Gasteiger partial charge is 0.494 e. The second kappa shape index (κ2) is 7.88. The zero-order valence-electron chi connectivity index (χ0n) is 17.4. The predicted octanol–water partition coefficient (Wildman–Crippen LogP) is 4.03. The highest BCUT2D eigenvalue weighted by Gasteiger charge is 2.44. The maximum absolute atomic E-state index is 13.3. The molecule has 2 heterocycles. The minimum atomic E-state index is -0.321. The lowest BCUT2D eigenvalue weighted by Gasteiger charge is -2.11. The molecule has 9 nitrogen and oxygen atoms in total. The summed E-state index contributed by atoms with van der Waals surface area (Å²) in [6.07, 6.45) is 1.88. The molecule has 1 aliphatic carbocycles. The molecule has 0 amide bonds. The molecule has 2 N–H and O–H groups in total. The number of hydrogen-bond acceptors (Lipinski definition) is 8. The van der Waals surface area contributed by atoms with E-state index in [0.29, 0.717) is 11.9 Å². The SMILES string of the molecule is COCOc1c2ncoc2c(OCOC)c2c(O)n(C3CC3c3ccc(F)cc3)c(O)c12. The molecule has 2 unspecified atom stereocenters. The van der Waals surface area contributed by atoms with Gasteiger partial charge in [0.15, 0.2) is 37.0 Å². The van der Waals surface area contributed by atoms with E-state index in [9.17, 15) is 14.6 Å². The summed E-state index contributed by atoms with van der Waals surface area (Å²) in [6.45, 7) is -0.224. The van der Waals surface area contributed by atoms with Gasteiger partial charge in [-0.25, -0.2) is 9.37 Å². The van der Waals surface area contributed by atoms with Crippen LogP contribution in [0.3, 0.4) is 0 Å². The molecule has 0 aliphatic heterocycles. The molecular formula is C22H21FN2O7. The number of methoxy groups -OCH3 is 2. The average molecular weight is 444 g/mol. The first kappa shape index (κ1) is 20.4. The monoisotopic (exact) mass is 444 g/mol. The number of aromatic nitrogens is 2. The third kappa shape index (κ3) is 3.10. The molecule has 0 spiro atoms. The molecule has 0 radical (unpaired) electrons. The number of benzene rings is 2. The first-order valence-electron chi connectivity index (χ1n) is 9.90. The molecule has 2 aromatic heterocycles. The Labute approximate surface area is 181 Å². The summed E-state index contributed by atoms with van der Waals surface area (Å²) in [5.74, 6) is -0.366. The van der Waals surface area contributed by atoms with Crippen LogP contribution >= 0.6 is 0 Å². The second-order valence-electron chi connectivity index (χ2n) is 7.52. The van der Waals surface area contributed by atoms with Crippen molar-refractivity contribution in [1.82, 2.24) is 9.55 Å². The van der Waals surface area contributed by atoms with E-state index in [-0.39, 0.29) is 71.0 Å². The van der Waals surface area contributed by atoms with Crippen LogP contribution in [0.2, 0.25) is 0 Å². The van der Waals surface area contributed by atoms with Crippen molar-refractivity contribution in [3.05, 3.63) is 42.0 Å². The average Bonchev–Trinajstić information content (AvgIpc) is 3.31. The summed E-state index contributed by atoms with van der Waals surface area (Å²) in [7, 11) is 2.93.